The number of hydrogen-bond donors (Lipinski definition) is 1. The van der Waals surface area contributed by atoms with Gasteiger partial charge >= 0.3 is 5.97 Å². The first kappa shape index (κ1) is 13.7. The number of carboxylic acids is 1. The van der Waals surface area contributed by atoms with Gasteiger partial charge in [-0.3, -0.25) is 9.59 Å². The average molecular weight is 255 g/mol. The van der Waals surface area contributed by atoms with Crippen LogP contribution >= 0.6 is 11.6 Å². The summed E-state index contributed by atoms with van der Waals surface area (Å²) in [6, 6.07) is 5.24. The van der Waals surface area contributed by atoms with Crippen molar-refractivity contribution in [2.75, 3.05) is 0 Å². The molecular weight excluding hydrogens is 240 g/mol. The van der Waals surface area contributed by atoms with Crippen molar-refractivity contribution in [2.24, 2.45) is 0 Å². The van der Waals surface area contributed by atoms with Gasteiger partial charge in [-0.25, -0.2) is 0 Å². The summed E-state index contributed by atoms with van der Waals surface area (Å²) in [6.07, 6.45) is 1.45. The Morgan fingerprint density at radius 3 is 2.53 bits per heavy atom. The lowest BCUT2D eigenvalue weighted by Crippen LogP contribution is -2.02. The van der Waals surface area contributed by atoms with Crippen molar-refractivity contribution < 1.29 is 14.7 Å². The highest BCUT2D eigenvalue weighted by molar-refractivity contribution is 6.31. The number of Topliss-reactive ketones (excluding diaryl/α,β-unsaturated/α-hetero) is 1. The van der Waals surface area contributed by atoms with Crippen LogP contribution in [0.25, 0.3) is 0 Å². The van der Waals surface area contributed by atoms with Gasteiger partial charge in [0.05, 0.1) is 0 Å². The number of aryl methyl sites for hydroxylation is 1. The zero-order valence-corrected chi connectivity index (χ0v) is 10.5. The molecule has 0 aliphatic carbocycles. The molecule has 1 rings (SSSR count). The predicted octanol–water partition coefficient (Wildman–Crippen LogP) is 3.34. The van der Waals surface area contributed by atoms with Crippen molar-refractivity contribution in [2.45, 2.75) is 32.6 Å². The molecule has 0 aliphatic rings. The van der Waals surface area contributed by atoms with Crippen LogP contribution in [0.2, 0.25) is 5.02 Å². The third-order valence-electron chi connectivity index (χ3n) is 2.55. The monoisotopic (exact) mass is 254 g/mol. The molecule has 0 heterocycles. The highest BCUT2D eigenvalue weighted by Gasteiger charge is 2.09. The standard InChI is InChI=1S/C13H15ClO3/c1-2-9-6-7-10(8-11(9)14)12(15)4-3-5-13(16)17/h6-8H,2-5H2,1H3,(H,16,17). The number of ketones is 1. The smallest absolute Gasteiger partial charge is 0.303 e. The maximum Gasteiger partial charge on any atom is 0.303 e. The van der Waals surface area contributed by atoms with E-state index in [1.54, 1.807) is 12.1 Å². The van der Waals surface area contributed by atoms with Crippen LogP contribution in [0.5, 0.6) is 0 Å². The van der Waals surface area contributed by atoms with Gasteiger partial charge in [0.1, 0.15) is 0 Å². The van der Waals surface area contributed by atoms with Crippen LogP contribution in [0.3, 0.4) is 0 Å². The van der Waals surface area contributed by atoms with E-state index in [4.69, 9.17) is 16.7 Å². The van der Waals surface area contributed by atoms with Crippen LogP contribution in [0, 0.1) is 0 Å². The molecule has 0 unspecified atom stereocenters. The topological polar surface area (TPSA) is 54.4 Å². The van der Waals surface area contributed by atoms with E-state index in [1.165, 1.54) is 0 Å². The molecule has 92 valence electrons. The van der Waals surface area contributed by atoms with Gasteiger partial charge in [-0.15, -0.1) is 0 Å². The molecule has 1 N–H and O–H groups in total. The molecule has 0 bridgehead atoms. The highest BCUT2D eigenvalue weighted by Crippen LogP contribution is 2.19. The van der Waals surface area contributed by atoms with E-state index < -0.39 is 5.97 Å². The van der Waals surface area contributed by atoms with Gasteiger partial charge in [0, 0.05) is 23.4 Å². The molecule has 0 spiro atoms. The fourth-order valence-electron chi connectivity index (χ4n) is 1.55. The summed E-state index contributed by atoms with van der Waals surface area (Å²) in [4.78, 5) is 22.0. The summed E-state index contributed by atoms with van der Waals surface area (Å²) in [7, 11) is 0. The fourth-order valence-corrected chi connectivity index (χ4v) is 1.87. The maximum absolute atomic E-state index is 11.7. The van der Waals surface area contributed by atoms with E-state index in [9.17, 15) is 9.59 Å². The van der Waals surface area contributed by atoms with Crippen LogP contribution in [0.4, 0.5) is 0 Å². The summed E-state index contributed by atoms with van der Waals surface area (Å²) in [6.45, 7) is 2.00. The van der Waals surface area contributed by atoms with Crippen LogP contribution in [0.15, 0.2) is 18.2 Å². The minimum Gasteiger partial charge on any atom is -0.481 e. The first-order chi connectivity index (χ1) is 8.04. The summed E-state index contributed by atoms with van der Waals surface area (Å²) in [5.41, 5.74) is 1.56. The Hall–Kier alpha value is -1.35. The molecule has 0 aromatic heterocycles. The summed E-state index contributed by atoms with van der Waals surface area (Å²) in [5.74, 6) is -0.937. The minimum atomic E-state index is -0.878. The number of carbonyl (C=O) groups excluding carboxylic acids is 1. The molecule has 0 saturated heterocycles. The van der Waals surface area contributed by atoms with E-state index in [0.717, 1.165) is 12.0 Å². The molecule has 0 radical (unpaired) electrons. The zero-order valence-electron chi connectivity index (χ0n) is 9.70. The van der Waals surface area contributed by atoms with E-state index in [-0.39, 0.29) is 18.6 Å². The van der Waals surface area contributed by atoms with E-state index >= 15 is 0 Å². The Kier molecular flexibility index (Phi) is 5.16. The van der Waals surface area contributed by atoms with Gasteiger partial charge in [0.15, 0.2) is 5.78 Å². The Balaban J connectivity index is 2.63. The second kappa shape index (κ2) is 6.40. The molecule has 1 aromatic carbocycles. The predicted molar refractivity (Wildman–Crippen MR) is 66.6 cm³/mol. The summed E-state index contributed by atoms with van der Waals surface area (Å²) in [5, 5.41) is 9.07. The average Bonchev–Trinajstić information content (AvgIpc) is 2.28. The molecule has 0 aliphatic heterocycles. The first-order valence-corrected chi connectivity index (χ1v) is 5.95. The van der Waals surface area contributed by atoms with Crippen molar-refractivity contribution in [3.8, 4) is 0 Å². The van der Waals surface area contributed by atoms with Crippen LogP contribution in [0.1, 0.15) is 42.1 Å². The first-order valence-electron chi connectivity index (χ1n) is 5.58. The Bertz CT molecular complexity index is 427. The van der Waals surface area contributed by atoms with E-state index in [1.807, 2.05) is 13.0 Å². The number of aliphatic carboxylic acids is 1. The molecule has 0 amide bonds. The number of hydrogen-bond acceptors (Lipinski definition) is 2. The highest BCUT2D eigenvalue weighted by atomic mass is 35.5. The van der Waals surface area contributed by atoms with E-state index in [0.29, 0.717) is 17.0 Å². The summed E-state index contributed by atoms with van der Waals surface area (Å²) >= 11 is 6.01. The van der Waals surface area contributed by atoms with E-state index in [2.05, 4.69) is 0 Å². The van der Waals surface area contributed by atoms with Crippen molar-refractivity contribution in [1.29, 1.82) is 0 Å². The molecule has 3 nitrogen and oxygen atoms in total. The second-order valence-corrected chi connectivity index (χ2v) is 4.24. The van der Waals surface area contributed by atoms with Crippen LogP contribution in [-0.4, -0.2) is 16.9 Å². The Morgan fingerprint density at radius 1 is 1.29 bits per heavy atom. The van der Waals surface area contributed by atoms with Crippen molar-refractivity contribution in [1.82, 2.24) is 0 Å². The molecule has 0 fully saturated rings. The number of carboxylic acid groups (broad SMARTS) is 1. The van der Waals surface area contributed by atoms with Crippen molar-refractivity contribution in [3.05, 3.63) is 34.3 Å². The number of benzene rings is 1. The van der Waals surface area contributed by atoms with Crippen molar-refractivity contribution in [3.63, 3.8) is 0 Å². The lowest BCUT2D eigenvalue weighted by atomic mass is 10.0. The quantitative estimate of drug-likeness (QED) is 0.792. The van der Waals surface area contributed by atoms with Gasteiger partial charge in [-0.2, -0.15) is 0 Å². The van der Waals surface area contributed by atoms with Crippen LogP contribution < -0.4 is 0 Å². The third-order valence-corrected chi connectivity index (χ3v) is 2.90. The fraction of sp³-hybridized carbons (Fsp3) is 0.385. The molecule has 1 aromatic rings. The maximum atomic E-state index is 11.7. The Labute approximate surface area is 105 Å². The number of halogens is 1. The van der Waals surface area contributed by atoms with Gasteiger partial charge < -0.3 is 5.11 Å². The minimum absolute atomic E-state index is 0.0204. The second-order valence-electron chi connectivity index (χ2n) is 3.83. The zero-order chi connectivity index (χ0) is 12.8. The largest absolute Gasteiger partial charge is 0.481 e. The third kappa shape index (κ3) is 4.19. The van der Waals surface area contributed by atoms with Gasteiger partial charge in [-0.05, 0) is 24.5 Å². The van der Waals surface area contributed by atoms with Gasteiger partial charge in [-0.1, -0.05) is 30.7 Å². The van der Waals surface area contributed by atoms with Gasteiger partial charge in [0.2, 0.25) is 0 Å². The number of rotatable bonds is 6. The molecule has 0 saturated carbocycles. The molecule has 4 heteroatoms. The van der Waals surface area contributed by atoms with Crippen LogP contribution in [-0.2, 0) is 11.2 Å². The lowest BCUT2D eigenvalue weighted by molar-refractivity contribution is -0.137. The molecule has 0 atom stereocenters. The lowest BCUT2D eigenvalue weighted by Gasteiger charge is -2.04. The van der Waals surface area contributed by atoms with Crippen molar-refractivity contribution >= 4 is 23.4 Å². The SMILES string of the molecule is CCc1ccc(C(=O)CCCC(=O)O)cc1Cl. The number of carbonyl (C=O) groups is 2. The molecule has 17 heavy (non-hydrogen) atoms. The summed E-state index contributed by atoms with van der Waals surface area (Å²) < 4.78 is 0. The normalized spacial score (nSPS) is 10.2. The van der Waals surface area contributed by atoms with Gasteiger partial charge in [0.25, 0.3) is 0 Å². The Morgan fingerprint density at radius 2 is 2.00 bits per heavy atom. The molecular formula is C13H15ClO3.